The van der Waals surface area contributed by atoms with Gasteiger partial charge < -0.3 is 5.73 Å². The second kappa shape index (κ2) is 5.18. The van der Waals surface area contributed by atoms with Gasteiger partial charge in [-0.15, -0.1) is 0 Å². The Morgan fingerprint density at radius 3 is 2.30 bits per heavy atom. The van der Waals surface area contributed by atoms with Crippen molar-refractivity contribution in [3.05, 3.63) is 29.8 Å². The maximum absolute atomic E-state index is 11.8. The Labute approximate surface area is 119 Å². The summed E-state index contributed by atoms with van der Waals surface area (Å²) in [6, 6.07) is 6.29. The lowest BCUT2D eigenvalue weighted by Crippen LogP contribution is -2.51. The maximum Gasteiger partial charge on any atom is 0.242 e. The van der Waals surface area contributed by atoms with E-state index in [-0.39, 0.29) is 4.90 Å². The van der Waals surface area contributed by atoms with Crippen molar-refractivity contribution in [2.24, 2.45) is 11.7 Å². The zero-order chi connectivity index (χ0) is 15.0. The number of primary amides is 1. The predicted octanol–water partition coefficient (Wildman–Crippen LogP) is 0.790. The van der Waals surface area contributed by atoms with Crippen molar-refractivity contribution >= 4 is 15.7 Å². The predicted molar refractivity (Wildman–Crippen MR) is 76.8 cm³/mol. The van der Waals surface area contributed by atoms with Gasteiger partial charge in [0.05, 0.1) is 4.90 Å². The van der Waals surface area contributed by atoms with Crippen LogP contribution in [-0.4, -0.2) is 27.1 Å². The maximum atomic E-state index is 11.8. The van der Waals surface area contributed by atoms with Gasteiger partial charge in [-0.1, -0.05) is 12.1 Å². The number of sulfone groups is 1. The smallest absolute Gasteiger partial charge is 0.242 e. The minimum atomic E-state index is -3.24. The van der Waals surface area contributed by atoms with Crippen molar-refractivity contribution in [3.63, 3.8) is 0 Å². The lowest BCUT2D eigenvalue weighted by atomic mass is 9.91. The van der Waals surface area contributed by atoms with Crippen LogP contribution in [0.4, 0.5) is 0 Å². The normalized spacial score (nSPS) is 18.5. The fourth-order valence-electron chi connectivity index (χ4n) is 2.04. The van der Waals surface area contributed by atoms with Gasteiger partial charge in [0.2, 0.25) is 5.91 Å². The van der Waals surface area contributed by atoms with E-state index in [9.17, 15) is 13.2 Å². The first-order valence-corrected chi connectivity index (χ1v) is 8.48. The summed E-state index contributed by atoms with van der Waals surface area (Å²) in [6.45, 7) is 2.47. The molecule has 1 fully saturated rings. The number of carbonyl (C=O) groups excluding carboxylic acids is 1. The number of benzene rings is 1. The van der Waals surface area contributed by atoms with Gasteiger partial charge in [0, 0.05) is 6.26 Å². The van der Waals surface area contributed by atoms with Gasteiger partial charge in [0.15, 0.2) is 9.84 Å². The summed E-state index contributed by atoms with van der Waals surface area (Å²) in [7, 11) is -3.24. The van der Waals surface area contributed by atoms with Crippen LogP contribution in [0.25, 0.3) is 0 Å². The SMILES string of the molecule is CC(NCC1CC1)(C(N)=O)c1ccc(S(C)(=O)=O)cc1. The number of nitrogens with one attached hydrogen (secondary N) is 1. The first-order chi connectivity index (χ1) is 9.23. The van der Waals surface area contributed by atoms with Crippen LogP contribution < -0.4 is 11.1 Å². The van der Waals surface area contributed by atoms with Gasteiger partial charge in [0.1, 0.15) is 5.54 Å². The van der Waals surface area contributed by atoms with Crippen molar-refractivity contribution < 1.29 is 13.2 Å². The molecule has 110 valence electrons. The van der Waals surface area contributed by atoms with Crippen LogP contribution >= 0.6 is 0 Å². The topological polar surface area (TPSA) is 89.3 Å². The number of nitrogens with two attached hydrogens (primary N) is 1. The molecule has 6 heteroatoms. The fourth-order valence-corrected chi connectivity index (χ4v) is 2.67. The molecule has 1 unspecified atom stereocenters. The Morgan fingerprint density at radius 2 is 1.90 bits per heavy atom. The third kappa shape index (κ3) is 3.19. The fraction of sp³-hybridized carbons (Fsp3) is 0.500. The summed E-state index contributed by atoms with van der Waals surface area (Å²) in [6.07, 6.45) is 3.50. The summed E-state index contributed by atoms with van der Waals surface area (Å²) in [4.78, 5) is 12.0. The minimum absolute atomic E-state index is 0.232. The molecule has 1 saturated carbocycles. The standard InChI is InChI=1S/C14H20N2O3S/c1-14(13(15)17,16-9-10-3-4-10)11-5-7-12(8-6-11)20(2,18)19/h5-8,10,16H,3-4,9H2,1-2H3,(H2,15,17). The van der Waals surface area contributed by atoms with Gasteiger partial charge in [-0.2, -0.15) is 0 Å². The van der Waals surface area contributed by atoms with Gasteiger partial charge >= 0.3 is 0 Å². The Hall–Kier alpha value is -1.40. The first-order valence-electron chi connectivity index (χ1n) is 6.59. The average Bonchev–Trinajstić information content (AvgIpc) is 3.19. The van der Waals surface area contributed by atoms with Gasteiger partial charge in [-0.05, 0) is 49.9 Å². The molecular weight excluding hydrogens is 276 g/mol. The number of hydrogen-bond donors (Lipinski definition) is 2. The summed E-state index contributed by atoms with van der Waals surface area (Å²) >= 11 is 0. The molecule has 1 amide bonds. The largest absolute Gasteiger partial charge is 0.368 e. The van der Waals surface area contributed by atoms with E-state index in [1.807, 2.05) is 0 Å². The highest BCUT2D eigenvalue weighted by molar-refractivity contribution is 7.90. The number of hydrogen-bond acceptors (Lipinski definition) is 4. The van der Waals surface area contributed by atoms with Crippen LogP contribution in [-0.2, 0) is 20.2 Å². The van der Waals surface area contributed by atoms with Gasteiger partial charge in [-0.25, -0.2) is 8.42 Å². The van der Waals surface area contributed by atoms with Gasteiger partial charge in [-0.3, -0.25) is 10.1 Å². The monoisotopic (exact) mass is 296 g/mol. The highest BCUT2D eigenvalue weighted by Crippen LogP contribution is 2.30. The molecule has 0 aliphatic heterocycles. The Morgan fingerprint density at radius 1 is 1.35 bits per heavy atom. The third-order valence-corrected chi connectivity index (χ3v) is 4.92. The molecule has 0 heterocycles. The summed E-state index contributed by atoms with van der Waals surface area (Å²) < 4.78 is 22.9. The Kier molecular flexibility index (Phi) is 3.88. The van der Waals surface area contributed by atoms with E-state index in [1.165, 1.54) is 25.0 Å². The number of carbonyl (C=O) groups is 1. The van der Waals surface area contributed by atoms with E-state index in [2.05, 4.69) is 5.32 Å². The van der Waals surface area contributed by atoms with E-state index in [0.717, 1.165) is 12.8 Å². The molecule has 5 nitrogen and oxygen atoms in total. The third-order valence-electron chi connectivity index (χ3n) is 3.79. The quantitative estimate of drug-likeness (QED) is 0.812. The summed E-state index contributed by atoms with van der Waals surface area (Å²) in [5, 5.41) is 3.21. The molecule has 0 bridgehead atoms. The van der Waals surface area contributed by atoms with Crippen LogP contribution in [0, 0.1) is 5.92 Å². The second-order valence-corrected chi connectivity index (χ2v) is 7.63. The van der Waals surface area contributed by atoms with Crippen LogP contribution in [0.15, 0.2) is 29.2 Å². The van der Waals surface area contributed by atoms with Crippen LogP contribution in [0.5, 0.6) is 0 Å². The molecule has 1 aliphatic carbocycles. The summed E-state index contributed by atoms with van der Waals surface area (Å²) in [5.74, 6) is 0.147. The molecule has 1 aromatic rings. The zero-order valence-electron chi connectivity index (χ0n) is 11.7. The molecule has 1 atom stereocenters. The highest BCUT2D eigenvalue weighted by Gasteiger charge is 2.35. The van der Waals surface area contributed by atoms with Crippen LogP contribution in [0.1, 0.15) is 25.3 Å². The van der Waals surface area contributed by atoms with Crippen LogP contribution in [0.3, 0.4) is 0 Å². The van der Waals surface area contributed by atoms with Crippen molar-refractivity contribution in [2.45, 2.75) is 30.2 Å². The first kappa shape index (κ1) is 15.0. The molecular formula is C14H20N2O3S. The highest BCUT2D eigenvalue weighted by atomic mass is 32.2. The van der Waals surface area contributed by atoms with E-state index < -0.39 is 21.3 Å². The molecule has 2 rings (SSSR count). The second-order valence-electron chi connectivity index (χ2n) is 5.61. The lowest BCUT2D eigenvalue weighted by Gasteiger charge is -2.28. The lowest BCUT2D eigenvalue weighted by molar-refractivity contribution is -0.124. The van der Waals surface area contributed by atoms with Crippen LogP contribution in [0.2, 0.25) is 0 Å². The van der Waals surface area contributed by atoms with Crippen molar-refractivity contribution in [1.82, 2.24) is 5.32 Å². The average molecular weight is 296 g/mol. The zero-order valence-corrected chi connectivity index (χ0v) is 12.5. The minimum Gasteiger partial charge on any atom is -0.368 e. The Bertz CT molecular complexity index is 606. The molecule has 3 N–H and O–H groups in total. The molecule has 20 heavy (non-hydrogen) atoms. The van der Waals surface area contributed by atoms with Crippen molar-refractivity contribution in [2.75, 3.05) is 12.8 Å². The molecule has 0 aromatic heterocycles. The molecule has 1 aromatic carbocycles. The van der Waals surface area contributed by atoms with E-state index in [0.29, 0.717) is 11.5 Å². The van der Waals surface area contributed by atoms with Crippen molar-refractivity contribution in [1.29, 1.82) is 0 Å². The summed E-state index contributed by atoms with van der Waals surface area (Å²) in [5.41, 5.74) is 5.22. The molecule has 0 radical (unpaired) electrons. The van der Waals surface area contributed by atoms with Crippen molar-refractivity contribution in [3.8, 4) is 0 Å². The van der Waals surface area contributed by atoms with E-state index >= 15 is 0 Å². The Balaban J connectivity index is 2.26. The van der Waals surface area contributed by atoms with Gasteiger partial charge in [0.25, 0.3) is 0 Å². The molecule has 0 spiro atoms. The number of rotatable bonds is 6. The molecule has 0 saturated heterocycles. The van der Waals surface area contributed by atoms with E-state index in [1.54, 1.807) is 19.1 Å². The van der Waals surface area contributed by atoms with E-state index in [4.69, 9.17) is 5.73 Å². The molecule has 1 aliphatic rings. The number of amides is 1.